The van der Waals surface area contributed by atoms with Gasteiger partial charge in [-0.1, -0.05) is 30.3 Å². The van der Waals surface area contributed by atoms with Crippen LogP contribution in [0.1, 0.15) is 18.4 Å². The molecule has 2 aliphatic rings. The van der Waals surface area contributed by atoms with E-state index in [0.29, 0.717) is 11.7 Å². The number of hydrogen-bond acceptors (Lipinski definition) is 4. The van der Waals surface area contributed by atoms with Gasteiger partial charge in [0.05, 0.1) is 10.6 Å². The molecule has 126 valence electrons. The van der Waals surface area contributed by atoms with Crippen LogP contribution in [-0.4, -0.2) is 71.5 Å². The Labute approximate surface area is 143 Å². The smallest absolute Gasteiger partial charge is 0.233 e. The molecule has 4 nitrogen and oxygen atoms in total. The first-order valence-corrected chi connectivity index (χ1v) is 9.43. The summed E-state index contributed by atoms with van der Waals surface area (Å²) < 4.78 is 0. The minimum absolute atomic E-state index is 0.0558. The summed E-state index contributed by atoms with van der Waals surface area (Å²) in [5, 5.41) is 0. The highest BCUT2D eigenvalue weighted by molar-refractivity contribution is 8.01. The highest BCUT2D eigenvalue weighted by atomic mass is 32.2. The third kappa shape index (κ3) is 3.90. The lowest BCUT2D eigenvalue weighted by atomic mass is 10.0. The van der Waals surface area contributed by atoms with Gasteiger partial charge in [0.25, 0.3) is 0 Å². The summed E-state index contributed by atoms with van der Waals surface area (Å²) in [4.78, 5) is 19.2. The molecule has 2 aliphatic heterocycles. The van der Waals surface area contributed by atoms with Crippen LogP contribution in [0, 0.1) is 0 Å². The van der Waals surface area contributed by atoms with E-state index < -0.39 is 0 Å². The number of likely N-dealkylation sites (tertiary alicyclic amines) is 1. The van der Waals surface area contributed by atoms with Crippen LogP contribution in [0.25, 0.3) is 0 Å². The van der Waals surface area contributed by atoms with E-state index in [1.54, 1.807) is 0 Å². The fraction of sp³-hybridized carbons (Fsp3) is 0.611. The highest BCUT2D eigenvalue weighted by Gasteiger charge is 2.47. The molecule has 0 bridgehead atoms. The molecule has 2 saturated heterocycles. The molecule has 0 aromatic heterocycles. The molecule has 0 aliphatic carbocycles. The second-order valence-electron chi connectivity index (χ2n) is 6.85. The minimum Gasteiger partial charge on any atom is -0.326 e. The molecular formula is C18H27N3OS. The number of nitrogens with zero attached hydrogens (tertiary/aromatic N) is 3. The van der Waals surface area contributed by atoms with E-state index in [1.165, 1.54) is 5.56 Å². The van der Waals surface area contributed by atoms with Gasteiger partial charge in [0.1, 0.15) is 0 Å². The molecule has 1 aromatic rings. The maximum absolute atomic E-state index is 12.3. The van der Waals surface area contributed by atoms with Crippen LogP contribution in [-0.2, 0) is 11.3 Å². The summed E-state index contributed by atoms with van der Waals surface area (Å²) >= 11 is 1.87. The Kier molecular flexibility index (Phi) is 5.29. The van der Waals surface area contributed by atoms with Crippen LogP contribution < -0.4 is 0 Å². The highest BCUT2D eigenvalue weighted by Crippen LogP contribution is 2.44. The zero-order valence-electron chi connectivity index (χ0n) is 14.2. The van der Waals surface area contributed by atoms with E-state index >= 15 is 0 Å². The molecule has 0 atom stereocenters. The largest absolute Gasteiger partial charge is 0.326 e. The molecule has 23 heavy (non-hydrogen) atoms. The molecule has 2 heterocycles. The Balaban J connectivity index is 1.59. The predicted molar refractivity (Wildman–Crippen MR) is 96.4 cm³/mol. The van der Waals surface area contributed by atoms with Crippen LogP contribution in [0.15, 0.2) is 30.3 Å². The maximum Gasteiger partial charge on any atom is 0.233 e. The standard InChI is InChI=1S/C18H27N3OS/c1-19(2)12-13-21-17(22)15-23-18(21)8-10-20(11-9-18)14-16-6-4-3-5-7-16/h3-7H,8-15H2,1-2H3. The van der Waals surface area contributed by atoms with Crippen LogP contribution in [0.5, 0.6) is 0 Å². The molecule has 5 heteroatoms. The molecule has 0 saturated carbocycles. The predicted octanol–water partition coefficient (Wildman–Crippen LogP) is 2.12. The Morgan fingerprint density at radius 2 is 1.87 bits per heavy atom. The summed E-state index contributed by atoms with van der Waals surface area (Å²) in [6, 6.07) is 10.7. The van der Waals surface area contributed by atoms with E-state index in [-0.39, 0.29) is 4.87 Å². The van der Waals surface area contributed by atoms with Crippen molar-refractivity contribution < 1.29 is 4.79 Å². The Bertz CT molecular complexity index is 526. The number of rotatable bonds is 5. The molecule has 0 unspecified atom stereocenters. The van der Waals surface area contributed by atoms with E-state index in [9.17, 15) is 4.79 Å². The average Bonchev–Trinajstić information content (AvgIpc) is 2.85. The van der Waals surface area contributed by atoms with Crippen LogP contribution >= 0.6 is 11.8 Å². The Morgan fingerprint density at radius 3 is 2.52 bits per heavy atom. The average molecular weight is 334 g/mol. The van der Waals surface area contributed by atoms with Gasteiger partial charge >= 0.3 is 0 Å². The molecule has 1 spiro atoms. The van der Waals surface area contributed by atoms with Gasteiger partial charge in [-0.25, -0.2) is 0 Å². The third-order valence-electron chi connectivity index (χ3n) is 4.91. The topological polar surface area (TPSA) is 26.8 Å². The lowest BCUT2D eigenvalue weighted by Gasteiger charge is -2.44. The van der Waals surface area contributed by atoms with Crippen LogP contribution in [0.3, 0.4) is 0 Å². The first kappa shape index (κ1) is 16.8. The summed E-state index contributed by atoms with van der Waals surface area (Å²) in [6.45, 7) is 4.98. The summed E-state index contributed by atoms with van der Waals surface area (Å²) in [6.07, 6.45) is 2.17. The van der Waals surface area contributed by atoms with Crippen molar-refractivity contribution in [3.8, 4) is 0 Å². The van der Waals surface area contributed by atoms with E-state index in [2.05, 4.69) is 59.1 Å². The van der Waals surface area contributed by atoms with Crippen molar-refractivity contribution in [2.45, 2.75) is 24.3 Å². The SMILES string of the molecule is CN(C)CCN1C(=O)CSC12CCN(Cc1ccccc1)CC2. The van der Waals surface area contributed by atoms with E-state index in [1.807, 2.05) is 11.8 Å². The molecular weight excluding hydrogens is 306 g/mol. The summed E-state index contributed by atoms with van der Waals surface area (Å²) in [5.74, 6) is 0.986. The molecule has 3 rings (SSSR count). The molecule has 1 amide bonds. The maximum atomic E-state index is 12.3. The number of piperidine rings is 1. The molecule has 2 fully saturated rings. The second kappa shape index (κ2) is 7.24. The number of likely N-dealkylation sites (N-methyl/N-ethyl adjacent to an activating group) is 1. The van der Waals surface area contributed by atoms with Crippen molar-refractivity contribution in [3.05, 3.63) is 35.9 Å². The first-order chi connectivity index (χ1) is 11.1. The molecule has 0 N–H and O–H groups in total. The van der Waals surface area contributed by atoms with Gasteiger partial charge in [-0.2, -0.15) is 0 Å². The zero-order chi connectivity index (χ0) is 16.3. The number of thioether (sulfide) groups is 1. The normalized spacial score (nSPS) is 21.5. The first-order valence-electron chi connectivity index (χ1n) is 8.44. The number of hydrogen-bond donors (Lipinski definition) is 0. The minimum atomic E-state index is 0.0558. The second-order valence-corrected chi connectivity index (χ2v) is 8.18. The van der Waals surface area contributed by atoms with Crippen molar-refractivity contribution in [2.75, 3.05) is 46.0 Å². The zero-order valence-corrected chi connectivity index (χ0v) is 15.0. The number of carbonyl (C=O) groups is 1. The van der Waals surface area contributed by atoms with Gasteiger partial charge in [-0.3, -0.25) is 9.69 Å². The van der Waals surface area contributed by atoms with Gasteiger partial charge in [0.15, 0.2) is 0 Å². The van der Waals surface area contributed by atoms with Gasteiger partial charge in [0, 0.05) is 32.7 Å². The summed E-state index contributed by atoms with van der Waals surface area (Å²) in [7, 11) is 4.14. The van der Waals surface area contributed by atoms with E-state index in [4.69, 9.17) is 0 Å². The van der Waals surface area contributed by atoms with Gasteiger partial charge < -0.3 is 9.80 Å². The van der Waals surface area contributed by atoms with Crippen molar-refractivity contribution in [3.63, 3.8) is 0 Å². The van der Waals surface area contributed by atoms with Gasteiger partial charge in [-0.05, 0) is 32.5 Å². The third-order valence-corrected chi connectivity index (χ3v) is 6.47. The molecule has 0 radical (unpaired) electrons. The van der Waals surface area contributed by atoms with Crippen LogP contribution in [0.4, 0.5) is 0 Å². The Hall–Kier alpha value is -1.04. The fourth-order valence-corrected chi connectivity index (χ4v) is 4.89. The molecule has 1 aromatic carbocycles. The number of carbonyl (C=O) groups excluding carboxylic acids is 1. The van der Waals surface area contributed by atoms with Crippen molar-refractivity contribution in [2.24, 2.45) is 0 Å². The van der Waals surface area contributed by atoms with Crippen molar-refractivity contribution >= 4 is 17.7 Å². The van der Waals surface area contributed by atoms with Crippen LogP contribution in [0.2, 0.25) is 0 Å². The van der Waals surface area contributed by atoms with Crippen molar-refractivity contribution in [1.29, 1.82) is 0 Å². The number of benzene rings is 1. The monoisotopic (exact) mass is 333 g/mol. The quantitative estimate of drug-likeness (QED) is 0.825. The fourth-order valence-electron chi connectivity index (χ4n) is 3.52. The van der Waals surface area contributed by atoms with Crippen molar-refractivity contribution in [1.82, 2.24) is 14.7 Å². The van der Waals surface area contributed by atoms with E-state index in [0.717, 1.165) is 45.6 Å². The summed E-state index contributed by atoms with van der Waals surface area (Å²) in [5.41, 5.74) is 1.38. The lowest BCUT2D eigenvalue weighted by Crippen LogP contribution is -2.53. The number of amides is 1. The Morgan fingerprint density at radius 1 is 1.17 bits per heavy atom. The van der Waals surface area contributed by atoms with Gasteiger partial charge in [-0.15, -0.1) is 11.8 Å². The van der Waals surface area contributed by atoms with Gasteiger partial charge in [0.2, 0.25) is 5.91 Å². The lowest BCUT2D eigenvalue weighted by molar-refractivity contribution is -0.131.